The van der Waals surface area contributed by atoms with E-state index in [0.29, 0.717) is 12.1 Å². The molecule has 1 amide bonds. The highest BCUT2D eigenvalue weighted by Gasteiger charge is 2.34. The summed E-state index contributed by atoms with van der Waals surface area (Å²) in [7, 11) is -3.43. The van der Waals surface area contributed by atoms with Crippen LogP contribution < -0.4 is 5.32 Å². The average Bonchev–Trinajstić information content (AvgIpc) is 2.47. The minimum absolute atomic E-state index is 0.000176. The minimum atomic E-state index is -4.89. The highest BCUT2D eigenvalue weighted by atomic mass is 32.2. The van der Waals surface area contributed by atoms with Gasteiger partial charge in [0.15, 0.2) is 9.84 Å². The van der Waals surface area contributed by atoms with Crippen LogP contribution in [0.15, 0.2) is 47.4 Å². The maximum Gasteiger partial charge on any atom is 0.419 e. The molecular weight excluding hydrogens is 350 g/mol. The number of carbonyl (C=O) groups is 1. The minimum Gasteiger partial charge on any atom is -0.322 e. The van der Waals surface area contributed by atoms with E-state index in [-0.39, 0.29) is 16.1 Å². The normalized spacial score (nSPS) is 12.0. The van der Waals surface area contributed by atoms with E-state index >= 15 is 0 Å². The summed E-state index contributed by atoms with van der Waals surface area (Å²) in [5.74, 6) is -2.20. The molecule has 0 fully saturated rings. The molecule has 2 aromatic rings. The fraction of sp³-hybridized carbons (Fsp3) is 0.133. The van der Waals surface area contributed by atoms with Crippen molar-refractivity contribution in [2.45, 2.75) is 11.1 Å². The Morgan fingerprint density at radius 1 is 1.04 bits per heavy atom. The number of anilines is 1. The zero-order valence-electron chi connectivity index (χ0n) is 12.2. The number of carbonyl (C=O) groups excluding carboxylic acids is 1. The van der Waals surface area contributed by atoms with Crippen molar-refractivity contribution in [2.24, 2.45) is 0 Å². The molecule has 24 heavy (non-hydrogen) atoms. The van der Waals surface area contributed by atoms with Crippen molar-refractivity contribution in [3.8, 4) is 0 Å². The highest BCUT2D eigenvalue weighted by Crippen LogP contribution is 2.33. The zero-order chi connectivity index (χ0) is 18.1. The Labute approximate surface area is 135 Å². The standard InChI is InChI=1S/C15H11F4NO3S/c1-24(22,23)11-5-2-9(3-6-11)14(21)20-10-4-7-13(16)12(8-10)15(17,18)19/h2-8H,1H3,(H,20,21). The van der Waals surface area contributed by atoms with E-state index in [0.717, 1.165) is 12.3 Å². The fourth-order valence-corrected chi connectivity index (χ4v) is 2.51. The number of hydrogen-bond donors (Lipinski definition) is 1. The van der Waals surface area contributed by atoms with Crippen LogP contribution in [-0.2, 0) is 16.0 Å². The number of amides is 1. The fourth-order valence-electron chi connectivity index (χ4n) is 1.88. The molecule has 0 saturated heterocycles. The number of halogens is 4. The molecular formula is C15H11F4NO3S. The van der Waals surface area contributed by atoms with Crippen LogP contribution in [0.1, 0.15) is 15.9 Å². The smallest absolute Gasteiger partial charge is 0.322 e. The van der Waals surface area contributed by atoms with E-state index in [1.165, 1.54) is 24.3 Å². The zero-order valence-corrected chi connectivity index (χ0v) is 13.0. The van der Waals surface area contributed by atoms with Gasteiger partial charge in [0.05, 0.1) is 10.5 Å². The van der Waals surface area contributed by atoms with Crippen LogP contribution in [0.5, 0.6) is 0 Å². The Kier molecular flexibility index (Phi) is 4.66. The maximum absolute atomic E-state index is 13.2. The Balaban J connectivity index is 2.24. The van der Waals surface area contributed by atoms with Crippen molar-refractivity contribution in [2.75, 3.05) is 11.6 Å². The van der Waals surface area contributed by atoms with Gasteiger partial charge in [-0.3, -0.25) is 4.79 Å². The predicted octanol–water partition coefficient (Wildman–Crippen LogP) is 3.50. The van der Waals surface area contributed by atoms with Gasteiger partial charge in [-0.2, -0.15) is 13.2 Å². The quantitative estimate of drug-likeness (QED) is 0.851. The molecule has 0 radical (unpaired) electrons. The second-order valence-corrected chi connectivity index (χ2v) is 6.96. The number of rotatable bonds is 3. The number of nitrogens with one attached hydrogen (secondary N) is 1. The molecule has 1 N–H and O–H groups in total. The summed E-state index contributed by atoms with van der Waals surface area (Å²) in [5.41, 5.74) is -1.69. The molecule has 0 aliphatic heterocycles. The molecule has 0 aromatic heterocycles. The summed E-state index contributed by atoms with van der Waals surface area (Å²) >= 11 is 0. The SMILES string of the molecule is CS(=O)(=O)c1ccc(C(=O)Nc2ccc(F)c(C(F)(F)F)c2)cc1. The third kappa shape index (κ3) is 4.10. The third-order valence-corrected chi connectivity index (χ3v) is 4.20. The Hall–Kier alpha value is -2.42. The second kappa shape index (κ2) is 6.23. The third-order valence-electron chi connectivity index (χ3n) is 3.07. The summed E-state index contributed by atoms with van der Waals surface area (Å²) in [5, 5.41) is 2.20. The summed E-state index contributed by atoms with van der Waals surface area (Å²) in [6.45, 7) is 0. The van der Waals surface area contributed by atoms with Gasteiger partial charge in [0.1, 0.15) is 5.82 Å². The van der Waals surface area contributed by atoms with Crippen molar-refractivity contribution in [1.29, 1.82) is 0 Å². The van der Waals surface area contributed by atoms with Gasteiger partial charge in [0.2, 0.25) is 0 Å². The first kappa shape index (κ1) is 17.9. The lowest BCUT2D eigenvalue weighted by molar-refractivity contribution is -0.139. The Morgan fingerprint density at radius 3 is 2.12 bits per heavy atom. The van der Waals surface area contributed by atoms with E-state index in [1.54, 1.807) is 0 Å². The van der Waals surface area contributed by atoms with Crippen molar-refractivity contribution in [3.05, 3.63) is 59.4 Å². The van der Waals surface area contributed by atoms with Gasteiger partial charge in [-0.1, -0.05) is 0 Å². The second-order valence-electron chi connectivity index (χ2n) is 4.94. The van der Waals surface area contributed by atoms with Gasteiger partial charge in [-0.05, 0) is 42.5 Å². The van der Waals surface area contributed by atoms with Crippen LogP contribution in [0, 0.1) is 5.82 Å². The highest BCUT2D eigenvalue weighted by molar-refractivity contribution is 7.90. The molecule has 0 aliphatic rings. The van der Waals surface area contributed by atoms with Gasteiger partial charge >= 0.3 is 6.18 Å². The van der Waals surface area contributed by atoms with Crippen molar-refractivity contribution in [1.82, 2.24) is 0 Å². The Bertz CT molecular complexity index is 875. The van der Waals surface area contributed by atoms with E-state index in [1.807, 2.05) is 0 Å². The molecule has 0 unspecified atom stereocenters. The molecule has 128 valence electrons. The van der Waals surface area contributed by atoms with Crippen molar-refractivity contribution >= 4 is 21.4 Å². The van der Waals surface area contributed by atoms with Crippen LogP contribution in [0.25, 0.3) is 0 Å². The largest absolute Gasteiger partial charge is 0.419 e. The number of alkyl halides is 3. The number of hydrogen-bond acceptors (Lipinski definition) is 3. The van der Waals surface area contributed by atoms with Crippen LogP contribution in [0.2, 0.25) is 0 Å². The van der Waals surface area contributed by atoms with Gasteiger partial charge in [0.25, 0.3) is 5.91 Å². The van der Waals surface area contributed by atoms with E-state index in [9.17, 15) is 30.8 Å². The lowest BCUT2D eigenvalue weighted by Crippen LogP contribution is -2.14. The van der Waals surface area contributed by atoms with Crippen molar-refractivity contribution in [3.63, 3.8) is 0 Å². The predicted molar refractivity (Wildman–Crippen MR) is 78.9 cm³/mol. The van der Waals surface area contributed by atoms with Gasteiger partial charge in [-0.15, -0.1) is 0 Å². The molecule has 0 atom stereocenters. The van der Waals surface area contributed by atoms with Gasteiger partial charge in [0, 0.05) is 17.5 Å². The first-order valence-electron chi connectivity index (χ1n) is 6.47. The summed E-state index contributed by atoms with van der Waals surface area (Å²) < 4.78 is 73.8. The Morgan fingerprint density at radius 2 is 1.62 bits per heavy atom. The topological polar surface area (TPSA) is 63.2 Å². The molecule has 2 aromatic carbocycles. The van der Waals surface area contributed by atoms with Crippen LogP contribution in [-0.4, -0.2) is 20.6 Å². The number of benzene rings is 2. The van der Waals surface area contributed by atoms with E-state index < -0.39 is 33.3 Å². The van der Waals surface area contributed by atoms with Gasteiger partial charge in [-0.25, -0.2) is 12.8 Å². The molecule has 4 nitrogen and oxygen atoms in total. The first-order chi connectivity index (χ1) is 11.0. The van der Waals surface area contributed by atoms with Crippen molar-refractivity contribution < 1.29 is 30.8 Å². The lowest BCUT2D eigenvalue weighted by atomic mass is 10.1. The van der Waals surface area contributed by atoms with Crippen LogP contribution in [0.4, 0.5) is 23.2 Å². The molecule has 2 rings (SSSR count). The molecule has 9 heteroatoms. The molecule has 0 saturated carbocycles. The lowest BCUT2D eigenvalue weighted by Gasteiger charge is -2.11. The maximum atomic E-state index is 13.2. The summed E-state index contributed by atoms with van der Waals surface area (Å²) in [4.78, 5) is 12.0. The number of sulfone groups is 1. The first-order valence-corrected chi connectivity index (χ1v) is 8.36. The molecule has 0 bridgehead atoms. The average molecular weight is 361 g/mol. The molecule has 0 aliphatic carbocycles. The summed E-state index contributed by atoms with van der Waals surface area (Å²) in [6, 6.07) is 6.93. The van der Waals surface area contributed by atoms with Crippen LogP contribution >= 0.6 is 0 Å². The van der Waals surface area contributed by atoms with Crippen LogP contribution in [0.3, 0.4) is 0 Å². The van der Waals surface area contributed by atoms with Gasteiger partial charge < -0.3 is 5.32 Å². The van der Waals surface area contributed by atoms with E-state index in [2.05, 4.69) is 5.32 Å². The monoisotopic (exact) mass is 361 g/mol. The molecule has 0 spiro atoms. The summed E-state index contributed by atoms with van der Waals surface area (Å²) in [6.07, 6.45) is -3.89. The molecule has 0 heterocycles. The van der Waals surface area contributed by atoms with E-state index in [4.69, 9.17) is 0 Å².